The fraction of sp³-hybridized carbons (Fsp3) is 0.125. The minimum Gasteiger partial charge on any atom is -0.507 e. The van der Waals surface area contributed by atoms with E-state index in [1.54, 1.807) is 18.2 Å². The molecule has 1 N–H and O–H groups in total. The normalized spacial score (nSPS) is 10.8. The number of methoxy groups -OCH3 is 3. The highest BCUT2D eigenvalue weighted by Crippen LogP contribution is 2.42. The second kappa shape index (κ2) is 7.83. The summed E-state index contributed by atoms with van der Waals surface area (Å²) >= 11 is 0. The lowest BCUT2D eigenvalue weighted by Crippen LogP contribution is -2.01. The summed E-state index contributed by atoms with van der Waals surface area (Å²) in [6.07, 6.45) is 0. The van der Waals surface area contributed by atoms with Crippen molar-refractivity contribution in [2.24, 2.45) is 0 Å². The molecular formula is C24H20O6. The van der Waals surface area contributed by atoms with Gasteiger partial charge in [0.1, 0.15) is 22.5 Å². The van der Waals surface area contributed by atoms with Crippen molar-refractivity contribution < 1.29 is 23.7 Å². The maximum absolute atomic E-state index is 12.6. The van der Waals surface area contributed by atoms with Crippen molar-refractivity contribution in [1.82, 2.24) is 0 Å². The van der Waals surface area contributed by atoms with E-state index in [2.05, 4.69) is 0 Å². The number of benzene rings is 3. The molecule has 1 heterocycles. The maximum Gasteiger partial charge on any atom is 0.203 e. The SMILES string of the molecule is COc1cc(-c2cc(O)c3c(=O)cc(-c4ccccc4)oc3c2)cc(OC)c1OC. The zero-order valence-electron chi connectivity index (χ0n) is 16.8. The first kappa shape index (κ1) is 19.4. The molecule has 0 atom stereocenters. The standard InChI is InChI=1S/C24H20O6/c1-27-21-11-16(12-22(28-2)24(21)29-3)15-9-17(25)23-18(26)13-19(30-20(23)10-15)14-7-5-4-6-8-14/h4-13,25H,1-3H3. The summed E-state index contributed by atoms with van der Waals surface area (Å²) in [5.74, 6) is 1.68. The summed E-state index contributed by atoms with van der Waals surface area (Å²) in [5.41, 5.74) is 2.07. The van der Waals surface area contributed by atoms with Crippen LogP contribution in [0.2, 0.25) is 0 Å². The number of hydrogen-bond donors (Lipinski definition) is 1. The lowest BCUT2D eigenvalue weighted by atomic mass is 10.0. The molecule has 0 spiro atoms. The van der Waals surface area contributed by atoms with Crippen LogP contribution in [-0.4, -0.2) is 26.4 Å². The molecule has 4 rings (SSSR count). The molecule has 4 aromatic rings. The third-order valence-corrected chi connectivity index (χ3v) is 4.87. The molecular weight excluding hydrogens is 384 g/mol. The molecule has 0 aliphatic rings. The average Bonchev–Trinajstić information content (AvgIpc) is 2.77. The average molecular weight is 404 g/mol. The Balaban J connectivity index is 1.94. The lowest BCUT2D eigenvalue weighted by molar-refractivity contribution is 0.324. The third-order valence-electron chi connectivity index (χ3n) is 4.87. The van der Waals surface area contributed by atoms with E-state index in [1.165, 1.54) is 33.5 Å². The zero-order chi connectivity index (χ0) is 21.3. The summed E-state index contributed by atoms with van der Waals surface area (Å²) < 4.78 is 22.2. The predicted octanol–water partition coefficient (Wildman–Crippen LogP) is 4.86. The van der Waals surface area contributed by atoms with E-state index in [9.17, 15) is 9.90 Å². The Bertz CT molecular complexity index is 1250. The number of aromatic hydroxyl groups is 1. The molecule has 6 nitrogen and oxygen atoms in total. The molecule has 0 unspecified atom stereocenters. The van der Waals surface area contributed by atoms with E-state index in [-0.39, 0.29) is 22.1 Å². The monoisotopic (exact) mass is 404 g/mol. The van der Waals surface area contributed by atoms with Crippen LogP contribution in [0.1, 0.15) is 0 Å². The van der Waals surface area contributed by atoms with Crippen LogP contribution in [0, 0.1) is 0 Å². The molecule has 30 heavy (non-hydrogen) atoms. The Hall–Kier alpha value is -3.93. The third kappa shape index (κ3) is 3.33. The first-order valence-corrected chi connectivity index (χ1v) is 9.22. The van der Waals surface area contributed by atoms with Gasteiger partial charge in [-0.3, -0.25) is 4.79 Å². The van der Waals surface area contributed by atoms with Crippen LogP contribution >= 0.6 is 0 Å². The van der Waals surface area contributed by atoms with Crippen LogP contribution < -0.4 is 19.6 Å². The van der Waals surface area contributed by atoms with Crippen molar-refractivity contribution in [2.45, 2.75) is 0 Å². The molecule has 152 valence electrons. The topological polar surface area (TPSA) is 78.1 Å². The number of fused-ring (bicyclic) bond motifs is 1. The largest absolute Gasteiger partial charge is 0.507 e. The van der Waals surface area contributed by atoms with Crippen LogP contribution in [-0.2, 0) is 0 Å². The molecule has 1 aromatic heterocycles. The number of hydrogen-bond acceptors (Lipinski definition) is 6. The van der Waals surface area contributed by atoms with Gasteiger partial charge >= 0.3 is 0 Å². The second-order valence-corrected chi connectivity index (χ2v) is 6.62. The van der Waals surface area contributed by atoms with Gasteiger partial charge < -0.3 is 23.7 Å². The van der Waals surface area contributed by atoms with Crippen molar-refractivity contribution >= 4 is 11.0 Å². The van der Waals surface area contributed by atoms with Gasteiger partial charge in [-0.25, -0.2) is 0 Å². The summed E-state index contributed by atoms with van der Waals surface area (Å²) in [5, 5.41) is 10.7. The van der Waals surface area contributed by atoms with Crippen molar-refractivity contribution in [3.63, 3.8) is 0 Å². The summed E-state index contributed by atoms with van der Waals surface area (Å²) in [6, 6.07) is 17.5. The smallest absolute Gasteiger partial charge is 0.203 e. The van der Waals surface area contributed by atoms with Gasteiger partial charge in [0.05, 0.1) is 21.3 Å². The molecule has 0 saturated carbocycles. The van der Waals surface area contributed by atoms with Gasteiger partial charge in [0.25, 0.3) is 0 Å². The molecule has 0 amide bonds. The van der Waals surface area contributed by atoms with Crippen LogP contribution in [0.5, 0.6) is 23.0 Å². The first-order chi connectivity index (χ1) is 14.5. The van der Waals surface area contributed by atoms with Crippen molar-refractivity contribution in [2.75, 3.05) is 21.3 Å². The predicted molar refractivity (Wildman–Crippen MR) is 115 cm³/mol. The van der Waals surface area contributed by atoms with Gasteiger partial charge in [-0.1, -0.05) is 30.3 Å². The highest BCUT2D eigenvalue weighted by Gasteiger charge is 2.17. The van der Waals surface area contributed by atoms with Gasteiger partial charge in [0.2, 0.25) is 5.75 Å². The number of phenols is 1. The Morgan fingerprint density at radius 2 is 1.40 bits per heavy atom. The van der Waals surface area contributed by atoms with E-state index in [0.29, 0.717) is 34.1 Å². The van der Waals surface area contributed by atoms with E-state index in [1.807, 2.05) is 30.3 Å². The number of phenolic OH excluding ortho intramolecular Hbond substituents is 1. The quantitative estimate of drug-likeness (QED) is 0.512. The molecule has 0 bridgehead atoms. The summed E-state index contributed by atoms with van der Waals surface area (Å²) in [6.45, 7) is 0. The minimum atomic E-state index is -0.316. The van der Waals surface area contributed by atoms with Crippen molar-refractivity contribution in [1.29, 1.82) is 0 Å². The van der Waals surface area contributed by atoms with Crippen LogP contribution in [0.4, 0.5) is 0 Å². The van der Waals surface area contributed by atoms with Crippen LogP contribution in [0.3, 0.4) is 0 Å². The molecule has 6 heteroatoms. The van der Waals surface area contributed by atoms with Crippen LogP contribution in [0.15, 0.2) is 69.9 Å². The lowest BCUT2D eigenvalue weighted by Gasteiger charge is -2.15. The Kier molecular flexibility index (Phi) is 5.06. The van der Waals surface area contributed by atoms with E-state index < -0.39 is 0 Å². The Labute approximate surface area is 172 Å². The van der Waals surface area contributed by atoms with E-state index in [0.717, 1.165) is 5.56 Å². The number of ether oxygens (including phenoxy) is 3. The first-order valence-electron chi connectivity index (χ1n) is 9.22. The summed E-state index contributed by atoms with van der Waals surface area (Å²) in [4.78, 5) is 12.6. The zero-order valence-corrected chi connectivity index (χ0v) is 16.8. The van der Waals surface area contributed by atoms with Gasteiger partial charge in [-0.15, -0.1) is 0 Å². The molecule has 0 fully saturated rings. The van der Waals surface area contributed by atoms with Gasteiger partial charge in [-0.2, -0.15) is 0 Å². The highest BCUT2D eigenvalue weighted by molar-refractivity contribution is 5.90. The molecule has 0 radical (unpaired) electrons. The maximum atomic E-state index is 12.6. The number of rotatable bonds is 5. The summed E-state index contributed by atoms with van der Waals surface area (Å²) in [7, 11) is 4.59. The molecule has 0 aliphatic heterocycles. The second-order valence-electron chi connectivity index (χ2n) is 6.62. The Morgan fingerprint density at radius 3 is 2.00 bits per heavy atom. The van der Waals surface area contributed by atoms with Gasteiger partial charge in [0, 0.05) is 11.6 Å². The fourth-order valence-corrected chi connectivity index (χ4v) is 3.43. The molecule has 0 aliphatic carbocycles. The van der Waals surface area contributed by atoms with Crippen molar-refractivity contribution in [3.05, 3.63) is 70.9 Å². The molecule has 0 saturated heterocycles. The highest BCUT2D eigenvalue weighted by atomic mass is 16.5. The van der Waals surface area contributed by atoms with Crippen LogP contribution in [0.25, 0.3) is 33.4 Å². The van der Waals surface area contributed by atoms with E-state index in [4.69, 9.17) is 18.6 Å². The van der Waals surface area contributed by atoms with Gasteiger partial charge in [-0.05, 0) is 35.4 Å². The van der Waals surface area contributed by atoms with Crippen molar-refractivity contribution in [3.8, 4) is 45.4 Å². The minimum absolute atomic E-state index is 0.130. The van der Waals surface area contributed by atoms with E-state index >= 15 is 0 Å². The Morgan fingerprint density at radius 1 is 0.767 bits per heavy atom. The molecule has 3 aromatic carbocycles. The fourth-order valence-electron chi connectivity index (χ4n) is 3.43. The van der Waals surface area contributed by atoms with Gasteiger partial charge in [0.15, 0.2) is 16.9 Å².